The Bertz CT molecular complexity index is 522. The minimum absolute atomic E-state index is 0.152. The summed E-state index contributed by atoms with van der Waals surface area (Å²) in [4.78, 5) is 2.46. The van der Waals surface area contributed by atoms with E-state index in [-0.39, 0.29) is 5.92 Å². The SMILES string of the molecule is CCC1CCC(C#N)C(N2CCCOc3ccccc32)C1. The van der Waals surface area contributed by atoms with Gasteiger partial charge in [-0.3, -0.25) is 0 Å². The van der Waals surface area contributed by atoms with E-state index in [0.29, 0.717) is 6.04 Å². The van der Waals surface area contributed by atoms with Gasteiger partial charge in [-0.1, -0.05) is 25.5 Å². The second-order valence-corrected chi connectivity index (χ2v) is 6.25. The monoisotopic (exact) mass is 284 g/mol. The fourth-order valence-corrected chi connectivity index (χ4v) is 3.80. The first-order valence-corrected chi connectivity index (χ1v) is 8.21. The number of fused-ring (bicyclic) bond motifs is 1. The fourth-order valence-electron chi connectivity index (χ4n) is 3.80. The summed E-state index contributed by atoms with van der Waals surface area (Å²) >= 11 is 0. The number of benzene rings is 1. The molecular formula is C18H24N2O. The van der Waals surface area contributed by atoms with Gasteiger partial charge in [-0.25, -0.2) is 0 Å². The van der Waals surface area contributed by atoms with Gasteiger partial charge in [0.2, 0.25) is 0 Å². The average molecular weight is 284 g/mol. The Kier molecular flexibility index (Phi) is 4.34. The molecular weight excluding hydrogens is 260 g/mol. The highest BCUT2D eigenvalue weighted by molar-refractivity contribution is 5.60. The average Bonchev–Trinajstić information content (AvgIpc) is 2.76. The molecule has 3 heteroatoms. The van der Waals surface area contributed by atoms with Crippen molar-refractivity contribution >= 4 is 5.69 Å². The zero-order valence-electron chi connectivity index (χ0n) is 12.8. The first-order valence-electron chi connectivity index (χ1n) is 8.21. The van der Waals surface area contributed by atoms with Gasteiger partial charge in [0, 0.05) is 12.6 Å². The van der Waals surface area contributed by atoms with Gasteiger partial charge < -0.3 is 9.64 Å². The van der Waals surface area contributed by atoms with Crippen LogP contribution < -0.4 is 9.64 Å². The quantitative estimate of drug-likeness (QED) is 0.823. The van der Waals surface area contributed by atoms with Crippen molar-refractivity contribution in [1.29, 1.82) is 5.26 Å². The molecule has 1 aliphatic heterocycles. The number of anilines is 1. The largest absolute Gasteiger partial charge is 0.491 e. The summed E-state index contributed by atoms with van der Waals surface area (Å²) in [5.41, 5.74) is 1.18. The van der Waals surface area contributed by atoms with Crippen LogP contribution in [0.4, 0.5) is 5.69 Å². The van der Waals surface area contributed by atoms with Crippen LogP contribution >= 0.6 is 0 Å². The maximum Gasteiger partial charge on any atom is 0.142 e. The Hall–Kier alpha value is -1.69. The molecule has 0 radical (unpaired) electrons. The number of ether oxygens (including phenoxy) is 1. The second-order valence-electron chi connectivity index (χ2n) is 6.25. The lowest BCUT2D eigenvalue weighted by atomic mass is 9.77. The lowest BCUT2D eigenvalue weighted by Gasteiger charge is -2.41. The first-order chi connectivity index (χ1) is 10.3. The molecule has 2 aliphatic rings. The van der Waals surface area contributed by atoms with Gasteiger partial charge in [-0.15, -0.1) is 0 Å². The summed E-state index contributed by atoms with van der Waals surface area (Å²) in [7, 11) is 0. The summed E-state index contributed by atoms with van der Waals surface area (Å²) in [6.45, 7) is 4.04. The van der Waals surface area contributed by atoms with Gasteiger partial charge in [0.05, 0.1) is 24.3 Å². The standard InChI is InChI=1S/C18H24N2O/c1-2-14-8-9-15(13-19)17(12-14)20-10-5-11-21-18-7-4-3-6-16(18)20/h3-4,6-7,14-15,17H,2,5,8-12H2,1H3. The minimum Gasteiger partial charge on any atom is -0.491 e. The predicted octanol–water partition coefficient (Wildman–Crippen LogP) is 3.99. The van der Waals surface area contributed by atoms with Crippen molar-refractivity contribution in [3.8, 4) is 11.8 Å². The van der Waals surface area contributed by atoms with Crippen LogP contribution in [0.1, 0.15) is 39.0 Å². The van der Waals surface area contributed by atoms with E-state index in [1.54, 1.807) is 0 Å². The summed E-state index contributed by atoms with van der Waals surface area (Å²) in [5.74, 6) is 1.89. The number of hydrogen-bond donors (Lipinski definition) is 0. The molecule has 0 aromatic heterocycles. The van der Waals surface area contributed by atoms with Crippen molar-refractivity contribution in [2.75, 3.05) is 18.1 Å². The van der Waals surface area contributed by atoms with Gasteiger partial charge >= 0.3 is 0 Å². The molecule has 0 spiro atoms. The Morgan fingerprint density at radius 1 is 1.33 bits per heavy atom. The minimum atomic E-state index is 0.152. The number of rotatable bonds is 2. The molecule has 3 atom stereocenters. The van der Waals surface area contributed by atoms with Gasteiger partial charge in [0.15, 0.2) is 0 Å². The Morgan fingerprint density at radius 2 is 2.19 bits per heavy atom. The number of para-hydroxylation sites is 2. The third kappa shape index (κ3) is 2.85. The van der Waals surface area contributed by atoms with Gasteiger partial charge in [0.25, 0.3) is 0 Å². The highest BCUT2D eigenvalue weighted by atomic mass is 16.5. The van der Waals surface area contributed by atoms with Crippen LogP contribution in [0.3, 0.4) is 0 Å². The van der Waals surface area contributed by atoms with Crippen LogP contribution in [0.2, 0.25) is 0 Å². The Labute approximate surface area is 127 Å². The molecule has 1 fully saturated rings. The van der Waals surface area contributed by atoms with Crippen LogP contribution in [0.15, 0.2) is 24.3 Å². The third-order valence-electron chi connectivity index (χ3n) is 5.04. The van der Waals surface area contributed by atoms with E-state index in [1.165, 1.54) is 18.5 Å². The van der Waals surface area contributed by atoms with Crippen LogP contribution in [-0.2, 0) is 0 Å². The second kappa shape index (κ2) is 6.39. The molecule has 3 rings (SSSR count). The number of hydrogen-bond acceptors (Lipinski definition) is 3. The number of nitriles is 1. The first kappa shape index (κ1) is 14.3. The lowest BCUT2D eigenvalue weighted by molar-refractivity contribution is 0.259. The van der Waals surface area contributed by atoms with Crippen molar-refractivity contribution in [2.45, 2.75) is 45.1 Å². The van der Waals surface area contributed by atoms with Gasteiger partial charge in [-0.05, 0) is 43.7 Å². The topological polar surface area (TPSA) is 36.3 Å². The zero-order valence-corrected chi connectivity index (χ0v) is 12.8. The summed E-state index contributed by atoms with van der Waals surface area (Å²) in [6.07, 6.45) is 5.64. The van der Waals surface area contributed by atoms with E-state index in [9.17, 15) is 5.26 Å². The maximum absolute atomic E-state index is 9.56. The summed E-state index contributed by atoms with van der Waals surface area (Å²) in [5, 5.41) is 9.56. The van der Waals surface area contributed by atoms with E-state index < -0.39 is 0 Å². The molecule has 0 amide bonds. The van der Waals surface area contributed by atoms with Crippen molar-refractivity contribution < 1.29 is 4.74 Å². The molecule has 1 aromatic rings. The normalized spacial score (nSPS) is 29.0. The molecule has 0 bridgehead atoms. The van der Waals surface area contributed by atoms with E-state index in [2.05, 4.69) is 36.1 Å². The Morgan fingerprint density at radius 3 is 3.00 bits per heavy atom. The van der Waals surface area contributed by atoms with Crippen molar-refractivity contribution in [2.24, 2.45) is 11.8 Å². The zero-order chi connectivity index (χ0) is 14.7. The fraction of sp³-hybridized carbons (Fsp3) is 0.611. The van der Waals surface area contributed by atoms with Gasteiger partial charge in [-0.2, -0.15) is 5.26 Å². The number of nitrogens with zero attached hydrogens (tertiary/aromatic N) is 2. The van der Waals surface area contributed by atoms with Crippen molar-refractivity contribution in [3.63, 3.8) is 0 Å². The smallest absolute Gasteiger partial charge is 0.142 e. The molecule has 3 unspecified atom stereocenters. The highest BCUT2D eigenvalue weighted by Gasteiger charge is 2.35. The van der Waals surface area contributed by atoms with Crippen molar-refractivity contribution in [3.05, 3.63) is 24.3 Å². The third-order valence-corrected chi connectivity index (χ3v) is 5.04. The molecule has 3 nitrogen and oxygen atoms in total. The molecule has 0 N–H and O–H groups in total. The van der Waals surface area contributed by atoms with E-state index in [0.717, 1.165) is 44.1 Å². The van der Waals surface area contributed by atoms with Crippen LogP contribution in [-0.4, -0.2) is 19.2 Å². The van der Waals surface area contributed by atoms with E-state index in [1.807, 2.05) is 6.07 Å². The predicted molar refractivity (Wildman–Crippen MR) is 84.4 cm³/mol. The molecule has 1 aliphatic carbocycles. The summed E-state index contributed by atoms with van der Waals surface area (Å²) in [6, 6.07) is 11.2. The Balaban J connectivity index is 1.91. The van der Waals surface area contributed by atoms with Gasteiger partial charge in [0.1, 0.15) is 5.75 Å². The van der Waals surface area contributed by atoms with Crippen LogP contribution in [0.25, 0.3) is 0 Å². The molecule has 21 heavy (non-hydrogen) atoms. The lowest BCUT2D eigenvalue weighted by Crippen LogP contribution is -2.44. The molecule has 112 valence electrons. The highest BCUT2D eigenvalue weighted by Crippen LogP contribution is 2.39. The van der Waals surface area contributed by atoms with Crippen LogP contribution in [0, 0.1) is 23.2 Å². The molecule has 1 heterocycles. The maximum atomic E-state index is 9.56. The molecule has 0 saturated heterocycles. The molecule has 1 aromatic carbocycles. The summed E-state index contributed by atoms with van der Waals surface area (Å²) < 4.78 is 5.87. The van der Waals surface area contributed by atoms with E-state index >= 15 is 0 Å². The van der Waals surface area contributed by atoms with E-state index in [4.69, 9.17) is 4.74 Å². The van der Waals surface area contributed by atoms with Crippen LogP contribution in [0.5, 0.6) is 5.75 Å². The van der Waals surface area contributed by atoms with Crippen molar-refractivity contribution in [1.82, 2.24) is 0 Å². The molecule has 1 saturated carbocycles.